The predicted octanol–water partition coefficient (Wildman–Crippen LogP) is 6.53. The van der Waals surface area contributed by atoms with Crippen LogP contribution in [0.2, 0.25) is 0 Å². The minimum atomic E-state index is -0.0717. The van der Waals surface area contributed by atoms with E-state index in [-0.39, 0.29) is 11.7 Å². The van der Waals surface area contributed by atoms with Crippen molar-refractivity contribution in [3.63, 3.8) is 0 Å². The molecule has 2 aromatic heterocycles. The molecule has 0 saturated heterocycles. The SMILES string of the molecule is COc1cccc(CN(Cc2ccc(CN)cc2)C(=O)c2ccc3c(c2)nc(CCc2ccc(C(=N)N)cc2)n3Cc2cccs2)c1. The second-order valence-corrected chi connectivity index (χ2v) is 12.6. The van der Waals surface area contributed by atoms with E-state index < -0.39 is 0 Å². The van der Waals surface area contributed by atoms with Gasteiger partial charge in [0.2, 0.25) is 0 Å². The molecule has 0 aliphatic rings. The molecule has 0 unspecified atom stereocenters. The van der Waals surface area contributed by atoms with E-state index in [0.29, 0.717) is 37.3 Å². The lowest BCUT2D eigenvalue weighted by Crippen LogP contribution is -2.30. The van der Waals surface area contributed by atoms with Crippen LogP contribution < -0.4 is 16.2 Å². The first-order chi connectivity index (χ1) is 22.9. The first-order valence-corrected chi connectivity index (χ1v) is 16.4. The van der Waals surface area contributed by atoms with Crippen LogP contribution in [0, 0.1) is 5.41 Å². The third kappa shape index (κ3) is 7.60. The Morgan fingerprint density at radius 3 is 2.28 bits per heavy atom. The average molecular weight is 643 g/mol. The molecule has 4 aromatic carbocycles. The van der Waals surface area contributed by atoms with Crippen molar-refractivity contribution >= 4 is 34.1 Å². The number of amides is 1. The molecular formula is C38H38N6O2S. The lowest BCUT2D eigenvalue weighted by molar-refractivity contribution is 0.0730. The third-order valence-corrected chi connectivity index (χ3v) is 9.16. The van der Waals surface area contributed by atoms with E-state index in [4.69, 9.17) is 26.6 Å². The van der Waals surface area contributed by atoms with Gasteiger partial charge < -0.3 is 25.7 Å². The van der Waals surface area contributed by atoms with E-state index in [0.717, 1.165) is 57.7 Å². The Hall–Kier alpha value is -5.25. The second kappa shape index (κ2) is 14.5. The molecule has 8 nitrogen and oxygen atoms in total. The maximum atomic E-state index is 14.2. The fourth-order valence-electron chi connectivity index (χ4n) is 5.72. The normalized spacial score (nSPS) is 11.1. The van der Waals surface area contributed by atoms with Gasteiger partial charge in [0, 0.05) is 42.1 Å². The number of thiophene rings is 1. The summed E-state index contributed by atoms with van der Waals surface area (Å²) in [4.78, 5) is 22.4. The lowest BCUT2D eigenvalue weighted by atomic mass is 10.1. The van der Waals surface area contributed by atoms with Gasteiger partial charge in [0.15, 0.2) is 0 Å². The van der Waals surface area contributed by atoms with Crippen molar-refractivity contribution in [1.82, 2.24) is 14.5 Å². The van der Waals surface area contributed by atoms with E-state index in [1.807, 2.05) is 95.9 Å². The lowest BCUT2D eigenvalue weighted by Gasteiger charge is -2.24. The number of nitrogens with one attached hydrogen (secondary N) is 1. The number of amidine groups is 1. The zero-order valence-corrected chi connectivity index (χ0v) is 27.2. The molecule has 0 saturated carbocycles. The Labute approximate surface area is 278 Å². The molecule has 5 N–H and O–H groups in total. The summed E-state index contributed by atoms with van der Waals surface area (Å²) in [6.07, 6.45) is 1.51. The number of aryl methyl sites for hydroxylation is 2. The maximum Gasteiger partial charge on any atom is 0.254 e. The number of imidazole rings is 1. The second-order valence-electron chi connectivity index (χ2n) is 11.5. The highest BCUT2D eigenvalue weighted by Gasteiger charge is 2.20. The summed E-state index contributed by atoms with van der Waals surface area (Å²) < 4.78 is 7.70. The van der Waals surface area contributed by atoms with Crippen molar-refractivity contribution in [1.29, 1.82) is 5.41 Å². The number of carbonyl (C=O) groups excluding carboxylic acids is 1. The van der Waals surface area contributed by atoms with E-state index in [1.165, 1.54) is 4.88 Å². The van der Waals surface area contributed by atoms with Gasteiger partial charge in [0.25, 0.3) is 5.91 Å². The summed E-state index contributed by atoms with van der Waals surface area (Å²) in [7, 11) is 1.65. The van der Waals surface area contributed by atoms with Crippen molar-refractivity contribution in [3.05, 3.63) is 153 Å². The minimum Gasteiger partial charge on any atom is -0.497 e. The van der Waals surface area contributed by atoms with Crippen LogP contribution in [0.4, 0.5) is 0 Å². The number of nitrogens with zero attached hydrogens (tertiary/aromatic N) is 3. The number of rotatable bonds is 13. The number of fused-ring (bicyclic) bond motifs is 1. The van der Waals surface area contributed by atoms with Crippen LogP contribution in [0.25, 0.3) is 11.0 Å². The molecule has 1 amide bonds. The van der Waals surface area contributed by atoms with Gasteiger partial charge in [-0.3, -0.25) is 10.2 Å². The largest absolute Gasteiger partial charge is 0.497 e. The van der Waals surface area contributed by atoms with Gasteiger partial charge in [-0.2, -0.15) is 0 Å². The average Bonchev–Trinajstić information content (AvgIpc) is 3.75. The number of hydrogen-bond acceptors (Lipinski definition) is 6. The zero-order chi connectivity index (χ0) is 32.8. The molecule has 0 spiro atoms. The van der Waals surface area contributed by atoms with Gasteiger partial charge in [-0.1, -0.05) is 66.7 Å². The van der Waals surface area contributed by atoms with Crippen molar-refractivity contribution in [2.45, 2.75) is 39.0 Å². The summed E-state index contributed by atoms with van der Waals surface area (Å²) in [6, 6.07) is 33.7. The van der Waals surface area contributed by atoms with E-state index in [1.54, 1.807) is 18.4 Å². The van der Waals surface area contributed by atoms with Crippen LogP contribution in [-0.2, 0) is 39.0 Å². The van der Waals surface area contributed by atoms with Crippen LogP contribution in [0.5, 0.6) is 5.75 Å². The predicted molar refractivity (Wildman–Crippen MR) is 189 cm³/mol. The zero-order valence-electron chi connectivity index (χ0n) is 26.4. The number of carbonyl (C=O) groups is 1. The van der Waals surface area contributed by atoms with E-state index >= 15 is 0 Å². The van der Waals surface area contributed by atoms with Crippen molar-refractivity contribution in [2.24, 2.45) is 11.5 Å². The van der Waals surface area contributed by atoms with Gasteiger partial charge in [0.1, 0.15) is 17.4 Å². The summed E-state index contributed by atoms with van der Waals surface area (Å²) in [5, 5.41) is 9.76. The smallest absolute Gasteiger partial charge is 0.254 e. The summed E-state index contributed by atoms with van der Waals surface area (Å²) in [5.41, 5.74) is 18.8. The highest BCUT2D eigenvalue weighted by atomic mass is 32.1. The van der Waals surface area contributed by atoms with Crippen LogP contribution in [0.15, 0.2) is 109 Å². The Balaban J connectivity index is 1.31. The summed E-state index contributed by atoms with van der Waals surface area (Å²) >= 11 is 1.72. The van der Waals surface area contributed by atoms with Crippen molar-refractivity contribution in [3.8, 4) is 5.75 Å². The van der Waals surface area contributed by atoms with Gasteiger partial charge in [-0.15, -0.1) is 11.3 Å². The first kappa shape index (κ1) is 31.7. The van der Waals surface area contributed by atoms with Crippen LogP contribution >= 0.6 is 11.3 Å². The Bertz CT molecular complexity index is 1980. The van der Waals surface area contributed by atoms with Crippen molar-refractivity contribution in [2.75, 3.05) is 7.11 Å². The molecule has 0 radical (unpaired) electrons. The molecule has 0 fully saturated rings. The molecule has 0 aliphatic heterocycles. The number of hydrogen-bond donors (Lipinski definition) is 3. The fraction of sp³-hybridized carbons (Fsp3) is 0.184. The van der Waals surface area contributed by atoms with E-state index in [2.05, 4.69) is 22.1 Å². The molecule has 238 valence electrons. The maximum absolute atomic E-state index is 14.2. The molecular weight excluding hydrogens is 605 g/mol. The number of ether oxygens (including phenoxy) is 1. The Morgan fingerprint density at radius 2 is 1.57 bits per heavy atom. The molecule has 2 heterocycles. The highest BCUT2D eigenvalue weighted by molar-refractivity contribution is 7.09. The number of benzene rings is 4. The molecule has 0 atom stereocenters. The quantitative estimate of drug-likeness (QED) is 0.0977. The molecule has 6 aromatic rings. The Kier molecular flexibility index (Phi) is 9.75. The topological polar surface area (TPSA) is 123 Å². The summed E-state index contributed by atoms with van der Waals surface area (Å²) in [6.45, 7) is 2.05. The number of nitrogens with two attached hydrogens (primary N) is 2. The number of methoxy groups -OCH3 is 1. The molecule has 9 heteroatoms. The van der Waals surface area contributed by atoms with Crippen molar-refractivity contribution < 1.29 is 9.53 Å². The monoisotopic (exact) mass is 642 g/mol. The number of nitrogen functional groups attached to an aromatic ring is 1. The van der Waals surface area contributed by atoms with E-state index in [9.17, 15) is 4.79 Å². The standard InChI is InChI=1S/C38H38N6O2S/c1-46-32-5-2-4-29(20-32)24-43(23-28-9-7-27(22-39)8-10-28)38(45)31-16-17-35-34(21-31)42-36(44(35)25-33-6-3-19-47-33)18-13-26-11-14-30(15-12-26)37(40)41/h2-12,14-17,19-21H,13,18,22-25,39H2,1H3,(H3,40,41). The molecule has 47 heavy (non-hydrogen) atoms. The molecule has 6 rings (SSSR count). The van der Waals surface area contributed by atoms with Crippen LogP contribution in [-0.4, -0.2) is 33.3 Å². The van der Waals surface area contributed by atoms with Crippen LogP contribution in [0.1, 0.15) is 48.9 Å². The first-order valence-electron chi connectivity index (χ1n) is 15.5. The van der Waals surface area contributed by atoms with Gasteiger partial charge >= 0.3 is 0 Å². The molecule has 0 bridgehead atoms. The van der Waals surface area contributed by atoms with Gasteiger partial charge in [-0.05, 0) is 70.5 Å². The third-order valence-electron chi connectivity index (χ3n) is 8.30. The Morgan fingerprint density at radius 1 is 0.851 bits per heavy atom. The number of aromatic nitrogens is 2. The van der Waals surface area contributed by atoms with Gasteiger partial charge in [-0.25, -0.2) is 4.98 Å². The van der Waals surface area contributed by atoms with Crippen LogP contribution in [0.3, 0.4) is 0 Å². The molecule has 0 aliphatic carbocycles. The summed E-state index contributed by atoms with van der Waals surface area (Å²) in [5.74, 6) is 1.70. The van der Waals surface area contributed by atoms with Gasteiger partial charge in [0.05, 0.1) is 24.7 Å². The minimum absolute atomic E-state index is 0.0613. The fourth-order valence-corrected chi connectivity index (χ4v) is 6.41. The highest BCUT2D eigenvalue weighted by Crippen LogP contribution is 2.25.